The van der Waals surface area contributed by atoms with Crippen LogP contribution in [0, 0.1) is 17.2 Å². The normalized spacial score (nSPS) is 14.7. The van der Waals surface area contributed by atoms with Crippen molar-refractivity contribution in [2.45, 2.75) is 26.8 Å². The third-order valence-corrected chi connectivity index (χ3v) is 6.78. The van der Waals surface area contributed by atoms with Gasteiger partial charge in [-0.3, -0.25) is 4.79 Å². The molecule has 5 heterocycles. The first-order valence-electron chi connectivity index (χ1n) is 12.4. The van der Waals surface area contributed by atoms with Crippen molar-refractivity contribution in [3.8, 4) is 28.5 Å². The van der Waals surface area contributed by atoms with Crippen molar-refractivity contribution in [2.24, 2.45) is 5.92 Å². The quantitative estimate of drug-likeness (QED) is 0.376. The number of fused-ring (bicyclic) bond motifs is 1. The molecule has 1 aliphatic heterocycles. The van der Waals surface area contributed by atoms with Gasteiger partial charge in [0, 0.05) is 61.3 Å². The molecule has 0 spiro atoms. The third kappa shape index (κ3) is 4.56. The van der Waals surface area contributed by atoms with E-state index >= 15 is 0 Å². The Bertz CT molecular complexity index is 1480. The van der Waals surface area contributed by atoms with Crippen LogP contribution < -0.4 is 4.90 Å². The number of nitrogens with zero attached hydrogens (tertiary/aromatic N) is 9. The highest BCUT2D eigenvalue weighted by Crippen LogP contribution is 2.32. The molecular weight excluding hydrogens is 466 g/mol. The van der Waals surface area contributed by atoms with Crippen LogP contribution in [0.15, 0.2) is 55.6 Å². The van der Waals surface area contributed by atoms with E-state index in [-0.39, 0.29) is 17.9 Å². The van der Waals surface area contributed by atoms with Gasteiger partial charge < -0.3 is 9.80 Å². The van der Waals surface area contributed by atoms with Crippen molar-refractivity contribution in [3.05, 3.63) is 61.2 Å². The zero-order valence-corrected chi connectivity index (χ0v) is 21.2. The van der Waals surface area contributed by atoms with Crippen LogP contribution >= 0.6 is 0 Å². The monoisotopic (exact) mass is 495 g/mol. The molecule has 188 valence electrons. The summed E-state index contributed by atoms with van der Waals surface area (Å²) in [6.07, 6.45) is 8.86. The molecule has 5 rings (SSSR count). The number of carbonyl (C=O) groups is 1. The van der Waals surface area contributed by atoms with Gasteiger partial charge in [-0.1, -0.05) is 18.2 Å². The van der Waals surface area contributed by atoms with E-state index in [9.17, 15) is 10.1 Å². The summed E-state index contributed by atoms with van der Waals surface area (Å²) in [4.78, 5) is 21.3. The first-order chi connectivity index (χ1) is 17.9. The van der Waals surface area contributed by atoms with Crippen LogP contribution in [0.4, 0.5) is 5.82 Å². The number of anilines is 1. The van der Waals surface area contributed by atoms with Gasteiger partial charge in [0.15, 0.2) is 0 Å². The molecule has 0 N–H and O–H groups in total. The predicted molar refractivity (Wildman–Crippen MR) is 141 cm³/mol. The lowest BCUT2D eigenvalue weighted by atomic mass is 10.0. The summed E-state index contributed by atoms with van der Waals surface area (Å²) < 4.78 is 3.52. The molecule has 4 aromatic heterocycles. The zero-order chi connectivity index (χ0) is 26.1. The van der Waals surface area contributed by atoms with Gasteiger partial charge in [-0.25, -0.2) is 14.2 Å². The third-order valence-electron chi connectivity index (χ3n) is 6.78. The van der Waals surface area contributed by atoms with Crippen molar-refractivity contribution in [1.82, 2.24) is 34.5 Å². The van der Waals surface area contributed by atoms with E-state index in [1.54, 1.807) is 16.8 Å². The molecule has 1 aliphatic rings. The summed E-state index contributed by atoms with van der Waals surface area (Å²) in [5, 5.41) is 22.7. The fourth-order valence-corrected chi connectivity index (χ4v) is 4.50. The first kappa shape index (κ1) is 24.2. The van der Waals surface area contributed by atoms with E-state index in [1.807, 2.05) is 67.1 Å². The number of amides is 1. The maximum Gasteiger partial charge on any atom is 0.229 e. The van der Waals surface area contributed by atoms with Gasteiger partial charge in [-0.2, -0.15) is 10.4 Å². The van der Waals surface area contributed by atoms with Crippen molar-refractivity contribution in [3.63, 3.8) is 0 Å². The Labute approximate surface area is 215 Å². The van der Waals surface area contributed by atoms with Crippen LogP contribution in [0.3, 0.4) is 0 Å². The fraction of sp³-hybridized carbons (Fsp3) is 0.333. The standard InChI is InChI=1S/C27H29N9O/c1-5-19(4)27(37)34-10-8-33(9-11-34)25-7-6-20(14-29-25)23-12-21(24-17-35(18(2)3)32-31-24)16-36-26(23)22(13-28)15-30-36/h5-7,12,14-19H,1,8-11H2,2-4H3. The molecule has 0 saturated carbocycles. The van der Waals surface area contributed by atoms with Gasteiger partial charge in [-0.15, -0.1) is 11.7 Å². The topological polar surface area (TPSA) is 108 Å². The van der Waals surface area contributed by atoms with Gasteiger partial charge in [-0.05, 0) is 32.0 Å². The molecule has 1 atom stereocenters. The molecule has 1 amide bonds. The van der Waals surface area contributed by atoms with Gasteiger partial charge in [0.25, 0.3) is 0 Å². The summed E-state index contributed by atoms with van der Waals surface area (Å²) >= 11 is 0. The van der Waals surface area contributed by atoms with Crippen molar-refractivity contribution >= 4 is 17.2 Å². The van der Waals surface area contributed by atoms with Gasteiger partial charge >= 0.3 is 0 Å². The Morgan fingerprint density at radius 3 is 2.51 bits per heavy atom. The molecule has 0 radical (unpaired) electrons. The Balaban J connectivity index is 1.44. The highest BCUT2D eigenvalue weighted by molar-refractivity contribution is 5.87. The number of carbonyl (C=O) groups excluding carboxylic acids is 1. The molecule has 1 fully saturated rings. The van der Waals surface area contributed by atoms with Crippen molar-refractivity contribution < 1.29 is 4.79 Å². The molecule has 0 bridgehead atoms. The Morgan fingerprint density at radius 2 is 1.89 bits per heavy atom. The summed E-state index contributed by atoms with van der Waals surface area (Å²) in [6.45, 7) is 12.4. The lowest BCUT2D eigenvalue weighted by Gasteiger charge is -2.36. The maximum absolute atomic E-state index is 12.5. The summed E-state index contributed by atoms with van der Waals surface area (Å²) in [7, 11) is 0. The number of hydrogen-bond donors (Lipinski definition) is 0. The lowest BCUT2D eigenvalue weighted by molar-refractivity contribution is -0.133. The van der Waals surface area contributed by atoms with E-state index in [0.717, 1.165) is 33.7 Å². The summed E-state index contributed by atoms with van der Waals surface area (Å²) in [5.41, 5.74) is 4.51. The molecule has 1 unspecified atom stereocenters. The second-order valence-electron chi connectivity index (χ2n) is 9.53. The summed E-state index contributed by atoms with van der Waals surface area (Å²) in [5.74, 6) is 0.798. The second kappa shape index (κ2) is 9.85. The Morgan fingerprint density at radius 1 is 1.11 bits per heavy atom. The molecule has 0 aromatic carbocycles. The van der Waals surface area contributed by atoms with Crippen LogP contribution in [-0.4, -0.2) is 66.6 Å². The summed E-state index contributed by atoms with van der Waals surface area (Å²) in [6, 6.07) is 8.45. The molecule has 1 saturated heterocycles. The van der Waals surface area contributed by atoms with Gasteiger partial charge in [0.1, 0.15) is 17.6 Å². The number of rotatable bonds is 6. The molecule has 37 heavy (non-hydrogen) atoms. The number of nitriles is 1. The predicted octanol–water partition coefficient (Wildman–Crippen LogP) is 3.58. The maximum atomic E-state index is 12.5. The van der Waals surface area contributed by atoms with Crippen LogP contribution in [-0.2, 0) is 4.79 Å². The van der Waals surface area contributed by atoms with Crippen LogP contribution in [0.1, 0.15) is 32.4 Å². The Kier molecular flexibility index (Phi) is 6.44. The second-order valence-corrected chi connectivity index (χ2v) is 9.53. The number of aromatic nitrogens is 6. The average molecular weight is 496 g/mol. The first-order valence-corrected chi connectivity index (χ1v) is 12.4. The fourth-order valence-electron chi connectivity index (χ4n) is 4.50. The SMILES string of the molecule is C=CC(C)C(=O)N1CCN(c2ccc(-c3cc(-c4cn(C(C)C)nn4)cn4ncc(C#N)c34)cn2)CC1. The minimum Gasteiger partial charge on any atom is -0.353 e. The largest absolute Gasteiger partial charge is 0.353 e. The number of pyridine rings is 2. The molecule has 4 aromatic rings. The number of piperazine rings is 1. The lowest BCUT2D eigenvalue weighted by Crippen LogP contribution is -2.50. The smallest absolute Gasteiger partial charge is 0.229 e. The number of hydrogen-bond acceptors (Lipinski definition) is 7. The van der Waals surface area contributed by atoms with E-state index in [1.165, 1.54) is 0 Å². The molecular formula is C27H29N9O. The minimum absolute atomic E-state index is 0.115. The minimum atomic E-state index is -0.173. The molecule has 10 nitrogen and oxygen atoms in total. The van der Waals surface area contributed by atoms with E-state index in [2.05, 4.69) is 33.0 Å². The van der Waals surface area contributed by atoms with Crippen LogP contribution in [0.25, 0.3) is 27.9 Å². The average Bonchev–Trinajstić information content (AvgIpc) is 3.60. The zero-order valence-electron chi connectivity index (χ0n) is 21.2. The van der Waals surface area contributed by atoms with E-state index in [4.69, 9.17) is 4.98 Å². The molecule has 0 aliphatic carbocycles. The van der Waals surface area contributed by atoms with Crippen LogP contribution in [0.5, 0.6) is 0 Å². The van der Waals surface area contributed by atoms with Gasteiger partial charge in [0.2, 0.25) is 5.91 Å². The van der Waals surface area contributed by atoms with Crippen LogP contribution in [0.2, 0.25) is 0 Å². The highest BCUT2D eigenvalue weighted by Gasteiger charge is 2.24. The Hall–Kier alpha value is -4.52. The van der Waals surface area contributed by atoms with E-state index < -0.39 is 0 Å². The highest BCUT2D eigenvalue weighted by atomic mass is 16.2. The van der Waals surface area contributed by atoms with Gasteiger partial charge in [0.05, 0.1) is 29.4 Å². The van der Waals surface area contributed by atoms with Crippen molar-refractivity contribution in [1.29, 1.82) is 5.26 Å². The molecule has 10 heteroatoms. The van der Waals surface area contributed by atoms with E-state index in [0.29, 0.717) is 31.7 Å². The van der Waals surface area contributed by atoms with Crippen molar-refractivity contribution in [2.75, 3.05) is 31.1 Å².